The quantitative estimate of drug-likeness (QED) is 0.813. The van der Waals surface area contributed by atoms with Gasteiger partial charge in [0.25, 0.3) is 0 Å². The summed E-state index contributed by atoms with van der Waals surface area (Å²) in [5, 5.41) is 6.62. The first-order valence-corrected chi connectivity index (χ1v) is 6.68. The topological polar surface area (TPSA) is 103 Å². The number of primary amides is 1. The van der Waals surface area contributed by atoms with Crippen LogP contribution in [0.1, 0.15) is 56.3 Å². The Morgan fingerprint density at radius 1 is 1.63 bits per heavy atom. The maximum atomic E-state index is 11.0. The number of amides is 2. The molecule has 7 heteroatoms. The highest BCUT2D eigenvalue weighted by Gasteiger charge is 2.26. The number of carbonyl (C=O) groups is 1. The number of carbonyl (C=O) groups excluding carboxylic acids is 1. The van der Waals surface area contributed by atoms with Gasteiger partial charge in [0.05, 0.1) is 6.61 Å². The van der Waals surface area contributed by atoms with Crippen molar-refractivity contribution in [3.05, 3.63) is 11.7 Å². The van der Waals surface area contributed by atoms with Crippen molar-refractivity contribution in [1.82, 2.24) is 15.5 Å². The van der Waals surface area contributed by atoms with E-state index in [4.69, 9.17) is 15.0 Å². The van der Waals surface area contributed by atoms with Crippen LogP contribution in [-0.4, -0.2) is 29.4 Å². The monoisotopic (exact) mass is 268 g/mol. The fourth-order valence-corrected chi connectivity index (χ4v) is 2.13. The number of unbranched alkanes of at least 4 members (excludes halogenated alkanes) is 1. The number of ether oxygens (including phenoxy) is 1. The Labute approximate surface area is 111 Å². The molecule has 3 N–H and O–H groups in total. The molecule has 106 valence electrons. The summed E-state index contributed by atoms with van der Waals surface area (Å²) in [5.74, 6) is 1.27. The molecule has 2 rings (SSSR count). The number of nitrogens with zero attached hydrogens (tertiary/aromatic N) is 2. The van der Waals surface area contributed by atoms with Gasteiger partial charge in [0, 0.05) is 12.5 Å². The second kappa shape index (κ2) is 6.51. The lowest BCUT2D eigenvalue weighted by Crippen LogP contribution is -2.33. The average molecular weight is 268 g/mol. The number of nitrogens with two attached hydrogens (primary N) is 1. The first-order chi connectivity index (χ1) is 9.20. The summed E-state index contributed by atoms with van der Waals surface area (Å²) in [5.41, 5.74) is 5.17. The molecule has 2 atom stereocenters. The Morgan fingerprint density at radius 3 is 3.11 bits per heavy atom. The smallest absolute Gasteiger partial charge is 0.312 e. The predicted octanol–water partition coefficient (Wildman–Crippen LogP) is 1.47. The second-order valence-corrected chi connectivity index (χ2v) is 4.75. The fraction of sp³-hybridized carbons (Fsp3) is 0.750. The number of hydrogen-bond acceptors (Lipinski definition) is 5. The molecule has 0 aromatic carbocycles. The zero-order valence-corrected chi connectivity index (χ0v) is 11.1. The van der Waals surface area contributed by atoms with Crippen LogP contribution in [0.15, 0.2) is 4.52 Å². The van der Waals surface area contributed by atoms with E-state index in [2.05, 4.69) is 22.4 Å². The molecule has 0 saturated carbocycles. The molecule has 1 aliphatic heterocycles. The zero-order chi connectivity index (χ0) is 13.7. The Morgan fingerprint density at radius 2 is 2.47 bits per heavy atom. The van der Waals surface area contributed by atoms with Gasteiger partial charge in [0.2, 0.25) is 5.89 Å². The highest BCUT2D eigenvalue weighted by molar-refractivity contribution is 5.72. The Balaban J connectivity index is 2.05. The lowest BCUT2D eigenvalue weighted by atomic mass is 10.1. The van der Waals surface area contributed by atoms with Crippen molar-refractivity contribution in [1.29, 1.82) is 0 Å². The summed E-state index contributed by atoms with van der Waals surface area (Å²) < 4.78 is 10.5. The third kappa shape index (κ3) is 3.66. The van der Waals surface area contributed by atoms with E-state index in [0.717, 1.165) is 32.3 Å². The van der Waals surface area contributed by atoms with Gasteiger partial charge >= 0.3 is 6.03 Å². The first kappa shape index (κ1) is 13.8. The van der Waals surface area contributed by atoms with Crippen molar-refractivity contribution in [3.8, 4) is 0 Å². The number of urea groups is 1. The van der Waals surface area contributed by atoms with Crippen LogP contribution in [-0.2, 0) is 4.74 Å². The van der Waals surface area contributed by atoms with Crippen molar-refractivity contribution in [2.75, 3.05) is 13.2 Å². The Hall–Kier alpha value is -1.63. The molecule has 2 amide bonds. The van der Waals surface area contributed by atoms with Crippen LogP contribution >= 0.6 is 0 Å². The van der Waals surface area contributed by atoms with Gasteiger partial charge in [-0.1, -0.05) is 24.9 Å². The highest BCUT2D eigenvalue weighted by atomic mass is 16.5. The molecule has 7 nitrogen and oxygen atoms in total. The molecule has 2 unspecified atom stereocenters. The van der Waals surface area contributed by atoms with Gasteiger partial charge in [0.1, 0.15) is 6.04 Å². The van der Waals surface area contributed by atoms with E-state index < -0.39 is 6.03 Å². The molecule has 0 spiro atoms. The van der Waals surface area contributed by atoms with Gasteiger partial charge in [-0.05, 0) is 12.8 Å². The molecule has 0 bridgehead atoms. The van der Waals surface area contributed by atoms with Crippen LogP contribution in [0.4, 0.5) is 4.79 Å². The summed E-state index contributed by atoms with van der Waals surface area (Å²) in [7, 11) is 0. The SMILES string of the molecule is CCCCC(NC(N)=O)c1nc(C2CCOC2)no1. The third-order valence-corrected chi connectivity index (χ3v) is 3.21. The van der Waals surface area contributed by atoms with Crippen LogP contribution in [0.3, 0.4) is 0 Å². The molecule has 0 radical (unpaired) electrons. The van der Waals surface area contributed by atoms with Gasteiger partial charge < -0.3 is 20.3 Å². The minimum Gasteiger partial charge on any atom is -0.381 e. The Bertz CT molecular complexity index is 415. The van der Waals surface area contributed by atoms with E-state index >= 15 is 0 Å². The van der Waals surface area contributed by atoms with Gasteiger partial charge in [-0.2, -0.15) is 4.98 Å². The molecule has 1 aliphatic rings. The van der Waals surface area contributed by atoms with Crippen LogP contribution in [0, 0.1) is 0 Å². The van der Waals surface area contributed by atoms with Crippen molar-refractivity contribution in [2.45, 2.75) is 44.6 Å². The van der Waals surface area contributed by atoms with E-state index in [1.54, 1.807) is 0 Å². The van der Waals surface area contributed by atoms with E-state index in [0.29, 0.717) is 18.3 Å². The summed E-state index contributed by atoms with van der Waals surface area (Å²) in [6.45, 7) is 3.44. The van der Waals surface area contributed by atoms with E-state index in [9.17, 15) is 4.79 Å². The lowest BCUT2D eigenvalue weighted by molar-refractivity contribution is 0.192. The van der Waals surface area contributed by atoms with Crippen LogP contribution in [0.5, 0.6) is 0 Å². The molecule has 1 saturated heterocycles. The lowest BCUT2D eigenvalue weighted by Gasteiger charge is -2.12. The molecule has 2 heterocycles. The third-order valence-electron chi connectivity index (χ3n) is 3.21. The highest BCUT2D eigenvalue weighted by Crippen LogP contribution is 2.25. The van der Waals surface area contributed by atoms with Crippen LogP contribution < -0.4 is 11.1 Å². The normalized spacial score (nSPS) is 20.4. The molecular weight excluding hydrogens is 248 g/mol. The van der Waals surface area contributed by atoms with Crippen LogP contribution in [0.25, 0.3) is 0 Å². The predicted molar refractivity (Wildman–Crippen MR) is 67.5 cm³/mol. The van der Waals surface area contributed by atoms with E-state index in [-0.39, 0.29) is 12.0 Å². The summed E-state index contributed by atoms with van der Waals surface area (Å²) in [6.07, 6.45) is 3.62. The first-order valence-electron chi connectivity index (χ1n) is 6.68. The number of aromatic nitrogens is 2. The fourth-order valence-electron chi connectivity index (χ4n) is 2.13. The summed E-state index contributed by atoms with van der Waals surface area (Å²) in [4.78, 5) is 15.4. The van der Waals surface area contributed by atoms with Gasteiger partial charge in [-0.3, -0.25) is 0 Å². The minimum absolute atomic E-state index is 0.193. The number of hydrogen-bond donors (Lipinski definition) is 2. The van der Waals surface area contributed by atoms with Crippen molar-refractivity contribution in [3.63, 3.8) is 0 Å². The second-order valence-electron chi connectivity index (χ2n) is 4.75. The number of nitrogens with one attached hydrogen (secondary N) is 1. The minimum atomic E-state index is -0.579. The van der Waals surface area contributed by atoms with Gasteiger partial charge in [-0.25, -0.2) is 4.79 Å². The molecule has 0 aliphatic carbocycles. The summed E-state index contributed by atoms with van der Waals surface area (Å²) >= 11 is 0. The molecule has 19 heavy (non-hydrogen) atoms. The van der Waals surface area contributed by atoms with Crippen molar-refractivity contribution in [2.24, 2.45) is 5.73 Å². The zero-order valence-electron chi connectivity index (χ0n) is 11.1. The number of rotatable bonds is 6. The maximum absolute atomic E-state index is 11.0. The van der Waals surface area contributed by atoms with Crippen molar-refractivity contribution < 1.29 is 14.1 Å². The molecule has 1 aromatic heterocycles. The van der Waals surface area contributed by atoms with Gasteiger partial charge in [0.15, 0.2) is 5.82 Å². The molecular formula is C12H20N4O3. The Kier molecular flexibility index (Phi) is 4.73. The average Bonchev–Trinajstić information content (AvgIpc) is 3.03. The maximum Gasteiger partial charge on any atom is 0.312 e. The van der Waals surface area contributed by atoms with Crippen molar-refractivity contribution >= 4 is 6.03 Å². The van der Waals surface area contributed by atoms with E-state index in [1.807, 2.05) is 0 Å². The van der Waals surface area contributed by atoms with Gasteiger partial charge in [-0.15, -0.1) is 0 Å². The van der Waals surface area contributed by atoms with Crippen LogP contribution in [0.2, 0.25) is 0 Å². The van der Waals surface area contributed by atoms with E-state index in [1.165, 1.54) is 0 Å². The standard InChI is InChI=1S/C12H20N4O3/c1-2-3-4-9(14-12(13)17)11-15-10(16-19-11)8-5-6-18-7-8/h8-9H,2-7H2,1H3,(H3,13,14,17). The largest absolute Gasteiger partial charge is 0.381 e. The molecule has 1 fully saturated rings. The summed E-state index contributed by atoms with van der Waals surface area (Å²) in [6, 6.07) is -0.883. The molecule has 1 aromatic rings.